The zero-order valence-corrected chi connectivity index (χ0v) is 14.2. The number of aromatic carboxylic acids is 1. The van der Waals surface area contributed by atoms with Crippen molar-refractivity contribution in [2.24, 2.45) is 0 Å². The van der Waals surface area contributed by atoms with Gasteiger partial charge in [0.05, 0.1) is 5.56 Å². The number of rotatable bonds is 5. The van der Waals surface area contributed by atoms with Gasteiger partial charge in [0, 0.05) is 23.5 Å². The summed E-state index contributed by atoms with van der Waals surface area (Å²) in [5, 5.41) is 14.3. The molecule has 0 radical (unpaired) electrons. The summed E-state index contributed by atoms with van der Waals surface area (Å²) in [6, 6.07) is 7.66. The number of amides is 2. The number of hydrogen-bond acceptors (Lipinski definition) is 4. The Balaban J connectivity index is 2.13. The minimum absolute atomic E-state index is 0.00764. The highest BCUT2D eigenvalue weighted by molar-refractivity contribution is 6.04. The fraction of sp³-hybridized carbons (Fsp3) is 0.222. The van der Waals surface area contributed by atoms with E-state index in [1.807, 2.05) is 13.8 Å². The van der Waals surface area contributed by atoms with Gasteiger partial charge in [-0.25, -0.2) is 4.79 Å². The molecule has 3 N–H and O–H groups in total. The third kappa shape index (κ3) is 4.63. The summed E-state index contributed by atoms with van der Waals surface area (Å²) in [5.74, 6) is -1.74. The standard InChI is InChI=1S/C18H19N3O4/c1-10(2)20-16(22)12-4-6-14(11(3)8-12)21-17(23)15-7-5-13(9-19-15)18(24)25/h4-10H,1-3H3,(H,20,22)(H,21,23)(H,24,25). The van der Waals surface area contributed by atoms with E-state index in [1.165, 1.54) is 12.1 Å². The molecular weight excluding hydrogens is 322 g/mol. The quantitative estimate of drug-likeness (QED) is 0.774. The van der Waals surface area contributed by atoms with E-state index in [1.54, 1.807) is 25.1 Å². The zero-order chi connectivity index (χ0) is 18.6. The Hall–Kier alpha value is -3.22. The van der Waals surface area contributed by atoms with Crippen LogP contribution in [0.3, 0.4) is 0 Å². The lowest BCUT2D eigenvalue weighted by atomic mass is 10.1. The predicted octanol–water partition coefficient (Wildman–Crippen LogP) is 2.48. The van der Waals surface area contributed by atoms with Crippen LogP contribution in [-0.4, -0.2) is 33.9 Å². The second kappa shape index (κ2) is 7.57. The van der Waals surface area contributed by atoms with Crippen LogP contribution in [0.4, 0.5) is 5.69 Å². The Morgan fingerprint density at radius 3 is 2.24 bits per heavy atom. The van der Waals surface area contributed by atoms with Crippen LogP contribution in [0.25, 0.3) is 0 Å². The van der Waals surface area contributed by atoms with E-state index >= 15 is 0 Å². The van der Waals surface area contributed by atoms with Gasteiger partial charge in [-0.05, 0) is 56.7 Å². The number of pyridine rings is 1. The van der Waals surface area contributed by atoms with Crippen LogP contribution >= 0.6 is 0 Å². The molecule has 0 atom stereocenters. The van der Waals surface area contributed by atoms with Gasteiger partial charge >= 0.3 is 5.97 Å². The summed E-state index contributed by atoms with van der Waals surface area (Å²) in [6.07, 6.45) is 1.13. The van der Waals surface area contributed by atoms with Crippen molar-refractivity contribution in [3.63, 3.8) is 0 Å². The Labute approximate surface area is 145 Å². The first-order valence-corrected chi connectivity index (χ1v) is 7.70. The molecule has 130 valence electrons. The Morgan fingerprint density at radius 1 is 1.04 bits per heavy atom. The number of aryl methyl sites for hydroxylation is 1. The molecule has 0 spiro atoms. The summed E-state index contributed by atoms with van der Waals surface area (Å²) in [7, 11) is 0. The first-order chi connectivity index (χ1) is 11.8. The molecule has 0 unspecified atom stereocenters. The van der Waals surface area contributed by atoms with Crippen LogP contribution in [0.1, 0.15) is 50.6 Å². The summed E-state index contributed by atoms with van der Waals surface area (Å²) in [5.41, 5.74) is 1.90. The minimum atomic E-state index is -1.11. The molecule has 0 aliphatic heterocycles. The van der Waals surface area contributed by atoms with Gasteiger partial charge in [0.25, 0.3) is 11.8 Å². The number of carbonyl (C=O) groups excluding carboxylic acids is 2. The lowest BCUT2D eigenvalue weighted by Crippen LogP contribution is -2.30. The van der Waals surface area contributed by atoms with Crippen LogP contribution in [-0.2, 0) is 0 Å². The number of aromatic nitrogens is 1. The van der Waals surface area contributed by atoms with Crippen LogP contribution in [0.5, 0.6) is 0 Å². The van der Waals surface area contributed by atoms with Gasteiger partial charge in [-0.1, -0.05) is 0 Å². The molecule has 7 heteroatoms. The van der Waals surface area contributed by atoms with Crippen molar-refractivity contribution in [1.82, 2.24) is 10.3 Å². The maximum Gasteiger partial charge on any atom is 0.337 e. The summed E-state index contributed by atoms with van der Waals surface area (Å²) >= 11 is 0. The summed E-state index contributed by atoms with van der Waals surface area (Å²) < 4.78 is 0. The number of carboxylic acids is 1. The molecule has 0 aliphatic rings. The molecule has 0 saturated carbocycles. The van der Waals surface area contributed by atoms with E-state index in [0.717, 1.165) is 11.8 Å². The maximum absolute atomic E-state index is 12.2. The number of benzene rings is 1. The van der Waals surface area contributed by atoms with Crippen LogP contribution < -0.4 is 10.6 Å². The highest BCUT2D eigenvalue weighted by Crippen LogP contribution is 2.17. The van der Waals surface area contributed by atoms with Crippen LogP contribution in [0.15, 0.2) is 36.5 Å². The highest BCUT2D eigenvalue weighted by Gasteiger charge is 2.13. The third-order valence-corrected chi connectivity index (χ3v) is 3.40. The van der Waals surface area contributed by atoms with E-state index in [-0.39, 0.29) is 23.2 Å². The number of anilines is 1. The molecule has 2 amide bonds. The molecule has 1 heterocycles. The van der Waals surface area contributed by atoms with E-state index in [4.69, 9.17) is 5.11 Å². The smallest absolute Gasteiger partial charge is 0.337 e. The van der Waals surface area contributed by atoms with Crippen LogP contribution in [0, 0.1) is 6.92 Å². The van der Waals surface area contributed by atoms with Crippen molar-refractivity contribution < 1.29 is 19.5 Å². The largest absolute Gasteiger partial charge is 0.478 e. The number of carbonyl (C=O) groups is 3. The van der Waals surface area contributed by atoms with Crippen molar-refractivity contribution >= 4 is 23.5 Å². The van der Waals surface area contributed by atoms with Crippen molar-refractivity contribution in [3.8, 4) is 0 Å². The van der Waals surface area contributed by atoms with Crippen molar-refractivity contribution in [1.29, 1.82) is 0 Å². The average Bonchev–Trinajstić information content (AvgIpc) is 2.56. The first kappa shape index (κ1) is 18.1. The third-order valence-electron chi connectivity index (χ3n) is 3.40. The molecule has 0 aliphatic carbocycles. The summed E-state index contributed by atoms with van der Waals surface area (Å²) in [4.78, 5) is 38.8. The maximum atomic E-state index is 12.2. The highest BCUT2D eigenvalue weighted by atomic mass is 16.4. The molecule has 2 rings (SSSR count). The fourth-order valence-corrected chi connectivity index (χ4v) is 2.13. The molecule has 2 aromatic rings. The van der Waals surface area contributed by atoms with Gasteiger partial charge in [-0.15, -0.1) is 0 Å². The van der Waals surface area contributed by atoms with E-state index in [9.17, 15) is 14.4 Å². The van der Waals surface area contributed by atoms with E-state index in [2.05, 4.69) is 15.6 Å². The average molecular weight is 341 g/mol. The number of nitrogens with zero attached hydrogens (tertiary/aromatic N) is 1. The number of carboxylic acid groups (broad SMARTS) is 1. The van der Waals surface area contributed by atoms with Crippen molar-refractivity contribution in [3.05, 3.63) is 58.9 Å². The van der Waals surface area contributed by atoms with Gasteiger partial charge in [0.1, 0.15) is 5.69 Å². The lowest BCUT2D eigenvalue weighted by molar-refractivity contribution is 0.0695. The van der Waals surface area contributed by atoms with Gasteiger partial charge in [0.15, 0.2) is 0 Å². The Kier molecular flexibility index (Phi) is 5.49. The van der Waals surface area contributed by atoms with Gasteiger partial charge in [-0.3, -0.25) is 14.6 Å². The Morgan fingerprint density at radius 2 is 1.72 bits per heavy atom. The SMILES string of the molecule is Cc1cc(C(=O)NC(C)C)ccc1NC(=O)c1ccc(C(=O)O)cn1. The normalized spacial score (nSPS) is 10.4. The molecule has 1 aromatic carbocycles. The van der Waals surface area contributed by atoms with Crippen LogP contribution in [0.2, 0.25) is 0 Å². The molecule has 0 bridgehead atoms. The minimum Gasteiger partial charge on any atom is -0.478 e. The fourth-order valence-electron chi connectivity index (χ4n) is 2.13. The first-order valence-electron chi connectivity index (χ1n) is 7.70. The van der Waals surface area contributed by atoms with Crippen molar-refractivity contribution in [2.75, 3.05) is 5.32 Å². The van der Waals surface area contributed by atoms with E-state index < -0.39 is 11.9 Å². The number of nitrogens with one attached hydrogen (secondary N) is 2. The second-order valence-electron chi connectivity index (χ2n) is 5.85. The monoisotopic (exact) mass is 341 g/mol. The van der Waals surface area contributed by atoms with Gasteiger partial charge in [0.2, 0.25) is 0 Å². The lowest BCUT2D eigenvalue weighted by Gasteiger charge is -2.12. The zero-order valence-electron chi connectivity index (χ0n) is 14.2. The summed E-state index contributed by atoms with van der Waals surface area (Å²) in [6.45, 7) is 5.53. The molecule has 0 saturated heterocycles. The Bertz CT molecular complexity index is 814. The van der Waals surface area contributed by atoms with Crippen molar-refractivity contribution in [2.45, 2.75) is 26.8 Å². The van der Waals surface area contributed by atoms with Gasteiger partial charge < -0.3 is 15.7 Å². The molecule has 0 fully saturated rings. The molecule has 7 nitrogen and oxygen atoms in total. The second-order valence-corrected chi connectivity index (χ2v) is 5.85. The predicted molar refractivity (Wildman–Crippen MR) is 92.9 cm³/mol. The molecular formula is C18H19N3O4. The molecule has 25 heavy (non-hydrogen) atoms. The topological polar surface area (TPSA) is 108 Å². The van der Waals surface area contributed by atoms with Gasteiger partial charge in [-0.2, -0.15) is 0 Å². The van der Waals surface area contributed by atoms with E-state index in [0.29, 0.717) is 11.3 Å². The number of hydrogen-bond donors (Lipinski definition) is 3. The molecule has 1 aromatic heterocycles.